The lowest BCUT2D eigenvalue weighted by molar-refractivity contribution is -0.0500. The first kappa shape index (κ1) is 27.7. The van der Waals surface area contributed by atoms with Crippen LogP contribution in [0.2, 0.25) is 0 Å². The molecule has 2 aromatic rings. The van der Waals surface area contributed by atoms with Gasteiger partial charge in [0, 0.05) is 35.8 Å². The van der Waals surface area contributed by atoms with Crippen molar-refractivity contribution in [1.29, 1.82) is 0 Å². The van der Waals surface area contributed by atoms with Crippen LogP contribution in [0.1, 0.15) is 50.9 Å². The van der Waals surface area contributed by atoms with Crippen molar-refractivity contribution in [2.75, 3.05) is 19.1 Å². The molecular weight excluding hydrogens is 501 g/mol. The van der Waals surface area contributed by atoms with Gasteiger partial charge in [-0.05, 0) is 58.7 Å². The van der Waals surface area contributed by atoms with Crippen molar-refractivity contribution in [3.05, 3.63) is 29.8 Å². The van der Waals surface area contributed by atoms with Gasteiger partial charge >= 0.3 is 15.6 Å². The predicted octanol–water partition coefficient (Wildman–Crippen LogP) is 3.94. The molecule has 0 aliphatic carbocycles. The summed E-state index contributed by atoms with van der Waals surface area (Å²) in [7, 11) is -2.81. The maximum absolute atomic E-state index is 12.7. The van der Waals surface area contributed by atoms with Crippen LogP contribution in [0, 0.1) is 0 Å². The minimum atomic E-state index is -5.98. The van der Waals surface area contributed by atoms with Gasteiger partial charge in [0.15, 0.2) is 17.9 Å². The van der Waals surface area contributed by atoms with Gasteiger partial charge in [-0.2, -0.15) is 21.6 Å². The van der Waals surface area contributed by atoms with Gasteiger partial charge < -0.3 is 19.1 Å². The molecule has 198 valence electrons. The number of aldehydes is 1. The highest BCUT2D eigenvalue weighted by Crippen LogP contribution is 2.38. The summed E-state index contributed by atoms with van der Waals surface area (Å²) in [6.07, 6.45) is 1.95. The van der Waals surface area contributed by atoms with Crippen LogP contribution >= 0.6 is 0 Å². The van der Waals surface area contributed by atoms with Crippen molar-refractivity contribution in [2.24, 2.45) is 0 Å². The van der Waals surface area contributed by atoms with Crippen molar-refractivity contribution < 1.29 is 35.3 Å². The number of anilines is 1. The number of piperidine rings is 1. The molecule has 13 heteroatoms. The second-order valence-corrected chi connectivity index (χ2v) is 11.6. The number of nitrogens with one attached hydrogen (secondary N) is 1. The maximum Gasteiger partial charge on any atom is 0.534 e. The minimum Gasteiger partial charge on any atom is -0.496 e. The normalized spacial score (nSPS) is 17.9. The molecule has 9 nitrogen and oxygen atoms in total. The van der Waals surface area contributed by atoms with E-state index in [1.165, 1.54) is 7.11 Å². The first-order chi connectivity index (χ1) is 16.5. The minimum absolute atomic E-state index is 0.0507. The Morgan fingerprint density at radius 3 is 2.17 bits per heavy atom. The highest BCUT2D eigenvalue weighted by atomic mass is 32.2. The second-order valence-electron chi connectivity index (χ2n) is 10.0. The number of carbonyl (C=O) groups excluding carboxylic acids is 1. The van der Waals surface area contributed by atoms with Gasteiger partial charge in [0.05, 0.1) is 18.4 Å². The molecule has 36 heavy (non-hydrogen) atoms. The predicted molar refractivity (Wildman–Crippen MR) is 128 cm³/mol. The Bertz CT molecular complexity index is 1220. The number of hydrogen-bond donors (Lipinski definition) is 1. The molecule has 1 aromatic heterocycles. The molecule has 3 rings (SSSR count). The molecule has 1 aromatic carbocycles. The Balaban J connectivity index is 1.92. The number of ether oxygens (including phenoxy) is 1. The standard InChI is InChI=1S/C23H29F3N4O5S/c1-21(2)11-15(12-22(3,4)29-21)30(5)20-8-7-17(27-28-20)16-9-14(13-31)18(10-19(16)34-6)35-36(32,33)23(24,25)26/h7-10,13,15,29H,11-12H2,1-6H3. The molecule has 1 N–H and O–H groups in total. The zero-order chi connectivity index (χ0) is 27.1. The lowest BCUT2D eigenvalue weighted by Gasteiger charge is -2.49. The highest BCUT2D eigenvalue weighted by molar-refractivity contribution is 7.88. The van der Waals surface area contributed by atoms with Crippen LogP contribution in [-0.4, -0.2) is 61.7 Å². The van der Waals surface area contributed by atoms with E-state index in [9.17, 15) is 26.4 Å². The quantitative estimate of drug-likeness (QED) is 0.323. The smallest absolute Gasteiger partial charge is 0.496 e. The van der Waals surface area contributed by atoms with E-state index >= 15 is 0 Å². The van der Waals surface area contributed by atoms with E-state index in [1.54, 1.807) is 12.1 Å². The molecule has 1 fully saturated rings. The summed E-state index contributed by atoms with van der Waals surface area (Å²) in [6, 6.07) is 5.60. The Morgan fingerprint density at radius 2 is 1.69 bits per heavy atom. The number of hydrogen-bond acceptors (Lipinski definition) is 9. The lowest BCUT2D eigenvalue weighted by Crippen LogP contribution is -2.62. The molecule has 0 bridgehead atoms. The first-order valence-corrected chi connectivity index (χ1v) is 12.4. The van der Waals surface area contributed by atoms with Crippen LogP contribution in [-0.2, 0) is 10.1 Å². The van der Waals surface area contributed by atoms with Crippen molar-refractivity contribution in [2.45, 2.75) is 63.2 Å². The molecule has 0 radical (unpaired) electrons. The number of carbonyl (C=O) groups is 1. The average molecular weight is 531 g/mol. The topological polar surface area (TPSA) is 111 Å². The number of rotatable bonds is 7. The zero-order valence-electron chi connectivity index (χ0n) is 20.8. The third-order valence-corrected chi connectivity index (χ3v) is 6.91. The van der Waals surface area contributed by atoms with Crippen molar-refractivity contribution in [1.82, 2.24) is 15.5 Å². The SMILES string of the molecule is COc1cc(OS(=O)(=O)C(F)(F)F)c(C=O)cc1-c1ccc(N(C)C2CC(C)(C)NC(C)(C)C2)nn1. The van der Waals surface area contributed by atoms with Crippen molar-refractivity contribution in [3.8, 4) is 22.8 Å². The van der Waals surface area contributed by atoms with Crippen LogP contribution < -0.4 is 19.1 Å². The fourth-order valence-corrected chi connectivity index (χ4v) is 5.14. The number of aromatic nitrogens is 2. The van der Waals surface area contributed by atoms with Crippen molar-refractivity contribution in [3.63, 3.8) is 0 Å². The Labute approximate surface area is 208 Å². The monoisotopic (exact) mass is 530 g/mol. The Kier molecular flexibility index (Phi) is 7.30. The Hall–Kier alpha value is -2.93. The molecule has 1 aliphatic rings. The van der Waals surface area contributed by atoms with Gasteiger partial charge in [0.2, 0.25) is 0 Å². The summed E-state index contributed by atoms with van der Waals surface area (Å²) < 4.78 is 70.4. The third-order valence-electron chi connectivity index (χ3n) is 5.95. The zero-order valence-corrected chi connectivity index (χ0v) is 21.6. The van der Waals surface area contributed by atoms with Crippen LogP contribution in [0.5, 0.6) is 11.5 Å². The van der Waals surface area contributed by atoms with E-state index in [2.05, 4.69) is 47.4 Å². The van der Waals surface area contributed by atoms with Gasteiger partial charge in [-0.3, -0.25) is 4.79 Å². The van der Waals surface area contributed by atoms with E-state index in [0.29, 0.717) is 5.82 Å². The van der Waals surface area contributed by atoms with Gasteiger partial charge in [-0.1, -0.05) is 0 Å². The van der Waals surface area contributed by atoms with E-state index in [0.717, 1.165) is 25.0 Å². The van der Waals surface area contributed by atoms with Gasteiger partial charge in [0.25, 0.3) is 0 Å². The number of nitrogens with zero attached hydrogens (tertiary/aromatic N) is 3. The molecule has 1 saturated heterocycles. The van der Waals surface area contributed by atoms with E-state index in [4.69, 9.17) is 4.74 Å². The summed E-state index contributed by atoms with van der Waals surface area (Å²) in [5.74, 6) is -0.253. The van der Waals surface area contributed by atoms with Crippen LogP contribution in [0.25, 0.3) is 11.3 Å². The molecular formula is C23H29F3N4O5S. The average Bonchev–Trinajstić information content (AvgIpc) is 2.75. The van der Waals surface area contributed by atoms with Crippen LogP contribution in [0.3, 0.4) is 0 Å². The molecule has 0 amide bonds. The third kappa shape index (κ3) is 5.89. The summed E-state index contributed by atoms with van der Waals surface area (Å²) in [6.45, 7) is 8.59. The molecule has 0 spiro atoms. The largest absolute Gasteiger partial charge is 0.534 e. The van der Waals surface area contributed by atoms with Gasteiger partial charge in [-0.25, -0.2) is 0 Å². The fourth-order valence-electron chi connectivity index (χ4n) is 4.66. The lowest BCUT2D eigenvalue weighted by atomic mass is 9.79. The molecule has 0 unspecified atom stereocenters. The summed E-state index contributed by atoms with van der Waals surface area (Å²) >= 11 is 0. The number of benzene rings is 1. The number of methoxy groups -OCH3 is 1. The van der Waals surface area contributed by atoms with E-state index in [-0.39, 0.29) is 40.4 Å². The van der Waals surface area contributed by atoms with E-state index in [1.807, 2.05) is 11.9 Å². The van der Waals surface area contributed by atoms with Crippen LogP contribution in [0.4, 0.5) is 19.0 Å². The van der Waals surface area contributed by atoms with Gasteiger partial charge in [-0.15, -0.1) is 10.2 Å². The first-order valence-electron chi connectivity index (χ1n) is 11.0. The summed E-state index contributed by atoms with van der Waals surface area (Å²) in [4.78, 5) is 13.6. The number of halogens is 3. The van der Waals surface area contributed by atoms with Crippen LogP contribution in [0.15, 0.2) is 24.3 Å². The van der Waals surface area contributed by atoms with Crippen molar-refractivity contribution >= 4 is 22.2 Å². The summed E-state index contributed by atoms with van der Waals surface area (Å²) in [5, 5.41) is 12.2. The molecule has 1 aliphatic heterocycles. The van der Waals surface area contributed by atoms with Gasteiger partial charge in [0.1, 0.15) is 5.75 Å². The molecule has 0 atom stereocenters. The van der Waals surface area contributed by atoms with E-state index < -0.39 is 26.9 Å². The number of alkyl halides is 3. The fraction of sp³-hybridized carbons (Fsp3) is 0.522. The Morgan fingerprint density at radius 1 is 1.08 bits per heavy atom. The molecule has 2 heterocycles. The maximum atomic E-state index is 12.7. The second kappa shape index (κ2) is 9.51. The summed E-state index contributed by atoms with van der Waals surface area (Å²) in [5.41, 5.74) is -5.75. The molecule has 0 saturated carbocycles. The highest BCUT2D eigenvalue weighted by Gasteiger charge is 2.49.